The van der Waals surface area contributed by atoms with E-state index in [1.807, 2.05) is 58.9 Å². The molecule has 8 nitrogen and oxygen atoms in total. The number of para-hydroxylation sites is 1. The highest BCUT2D eigenvalue weighted by atomic mass is 35.5. The summed E-state index contributed by atoms with van der Waals surface area (Å²) in [7, 11) is 3.04. The molecule has 3 aromatic rings. The van der Waals surface area contributed by atoms with E-state index in [1.54, 1.807) is 28.9 Å². The molecule has 0 saturated carbocycles. The van der Waals surface area contributed by atoms with E-state index in [0.29, 0.717) is 33.6 Å². The molecule has 2 aromatic carbocycles. The summed E-state index contributed by atoms with van der Waals surface area (Å²) in [6, 6.07) is 13.8. The largest absolute Gasteiger partial charge is 0.497 e. The summed E-state index contributed by atoms with van der Waals surface area (Å²) in [6.45, 7) is 9.68. The van der Waals surface area contributed by atoms with Crippen LogP contribution in [0.25, 0.3) is 5.69 Å². The van der Waals surface area contributed by atoms with E-state index < -0.39 is 0 Å². The van der Waals surface area contributed by atoms with Crippen LogP contribution in [0.4, 0.5) is 5.82 Å². The highest BCUT2D eigenvalue weighted by molar-refractivity contribution is 6.32. The Morgan fingerprint density at radius 1 is 1.06 bits per heavy atom. The van der Waals surface area contributed by atoms with Gasteiger partial charge in [-0.05, 0) is 38.1 Å². The molecule has 192 valence electrons. The summed E-state index contributed by atoms with van der Waals surface area (Å²) in [5, 5.41) is 8.14. The Bertz CT molecular complexity index is 1220. The number of rotatable bonds is 8. The average molecular weight is 513 g/mol. The number of ether oxygens (including phenoxy) is 2. The van der Waals surface area contributed by atoms with Crippen LogP contribution >= 0.6 is 11.6 Å². The van der Waals surface area contributed by atoms with Gasteiger partial charge in [0.1, 0.15) is 23.9 Å². The lowest BCUT2D eigenvalue weighted by atomic mass is 9.92. The van der Waals surface area contributed by atoms with Crippen LogP contribution in [0.3, 0.4) is 0 Å². The minimum atomic E-state index is -0.361. The smallest absolute Gasteiger partial charge is 0.254 e. The topological polar surface area (TPSA) is 85.7 Å². The number of hydrogen-bond donors (Lipinski definition) is 1. The van der Waals surface area contributed by atoms with Gasteiger partial charge in [-0.3, -0.25) is 9.59 Å². The van der Waals surface area contributed by atoms with Crippen molar-refractivity contribution in [2.24, 2.45) is 0 Å². The lowest BCUT2D eigenvalue weighted by Crippen LogP contribution is -2.42. The fourth-order valence-electron chi connectivity index (χ4n) is 3.57. The van der Waals surface area contributed by atoms with Gasteiger partial charge in [-0.15, -0.1) is 0 Å². The average Bonchev–Trinajstić information content (AvgIpc) is 3.25. The predicted octanol–water partition coefficient (Wildman–Crippen LogP) is 5.33. The minimum Gasteiger partial charge on any atom is -0.497 e. The monoisotopic (exact) mass is 512 g/mol. The second-order valence-corrected chi connectivity index (χ2v) is 10.1. The molecule has 36 heavy (non-hydrogen) atoms. The van der Waals surface area contributed by atoms with Crippen LogP contribution in [0.2, 0.25) is 5.02 Å². The molecule has 0 aliphatic heterocycles. The number of hydrogen-bond acceptors (Lipinski definition) is 5. The van der Waals surface area contributed by atoms with Crippen LogP contribution in [0, 0.1) is 0 Å². The third-order valence-electron chi connectivity index (χ3n) is 5.62. The third kappa shape index (κ3) is 6.18. The van der Waals surface area contributed by atoms with Gasteiger partial charge in [-0.25, -0.2) is 4.68 Å². The zero-order valence-electron chi connectivity index (χ0n) is 21.8. The normalized spacial score (nSPS) is 11.4. The lowest BCUT2D eigenvalue weighted by molar-refractivity contribution is -0.117. The van der Waals surface area contributed by atoms with Gasteiger partial charge in [-0.2, -0.15) is 5.10 Å². The molecule has 1 N–H and O–H groups in total. The Kier molecular flexibility index (Phi) is 8.30. The van der Waals surface area contributed by atoms with Gasteiger partial charge in [0.25, 0.3) is 5.91 Å². The third-order valence-corrected chi connectivity index (χ3v) is 5.94. The molecule has 1 heterocycles. The number of halogens is 1. The lowest BCUT2D eigenvalue weighted by Gasteiger charge is -2.26. The fourth-order valence-corrected chi connectivity index (χ4v) is 3.78. The second kappa shape index (κ2) is 11.0. The maximum Gasteiger partial charge on any atom is 0.254 e. The Labute approximate surface area is 217 Å². The summed E-state index contributed by atoms with van der Waals surface area (Å²) >= 11 is 6.43. The summed E-state index contributed by atoms with van der Waals surface area (Å²) in [6.07, 6.45) is 0. The van der Waals surface area contributed by atoms with Gasteiger partial charge in [0.2, 0.25) is 5.91 Å². The number of carbonyl (C=O) groups excluding carboxylic acids is 2. The van der Waals surface area contributed by atoms with Crippen LogP contribution in [0.15, 0.2) is 48.5 Å². The number of aromatic nitrogens is 2. The molecule has 0 spiro atoms. The molecule has 0 fully saturated rings. The summed E-state index contributed by atoms with van der Waals surface area (Å²) in [4.78, 5) is 28.1. The molecule has 0 unspecified atom stereocenters. The maximum absolute atomic E-state index is 13.4. The van der Waals surface area contributed by atoms with Gasteiger partial charge in [0.15, 0.2) is 0 Å². The molecular weight excluding hydrogens is 480 g/mol. The van der Waals surface area contributed by atoms with E-state index in [4.69, 9.17) is 26.2 Å². The van der Waals surface area contributed by atoms with E-state index in [1.165, 1.54) is 19.1 Å². The van der Waals surface area contributed by atoms with E-state index >= 15 is 0 Å². The van der Waals surface area contributed by atoms with E-state index in [-0.39, 0.29) is 29.8 Å². The fraction of sp³-hybridized carbons (Fsp3) is 0.370. The van der Waals surface area contributed by atoms with Crippen LogP contribution in [-0.4, -0.2) is 53.3 Å². The maximum atomic E-state index is 13.4. The van der Waals surface area contributed by atoms with Gasteiger partial charge in [0, 0.05) is 29.2 Å². The number of methoxy groups -OCH3 is 2. The quantitative estimate of drug-likeness (QED) is 0.441. The Balaban J connectivity index is 1.90. The van der Waals surface area contributed by atoms with Gasteiger partial charge < -0.3 is 19.7 Å². The summed E-state index contributed by atoms with van der Waals surface area (Å²) in [5.41, 5.74) is 1.55. The first-order valence-electron chi connectivity index (χ1n) is 11.6. The number of nitrogens with zero attached hydrogens (tertiary/aromatic N) is 3. The van der Waals surface area contributed by atoms with Gasteiger partial charge >= 0.3 is 0 Å². The van der Waals surface area contributed by atoms with Crippen LogP contribution in [-0.2, 0) is 10.2 Å². The highest BCUT2D eigenvalue weighted by Crippen LogP contribution is 2.29. The van der Waals surface area contributed by atoms with Gasteiger partial charge in [-0.1, -0.05) is 44.5 Å². The number of nitrogens with one attached hydrogen (secondary N) is 1. The molecule has 0 atom stereocenters. The molecule has 2 amide bonds. The van der Waals surface area contributed by atoms with Crippen molar-refractivity contribution < 1.29 is 19.1 Å². The van der Waals surface area contributed by atoms with E-state index in [9.17, 15) is 9.59 Å². The SMILES string of the molecule is COc1cc(OC)cc(C(=O)N(CC(=O)Nc2cc(C(C)(C)C)nn2-c2ccccc2Cl)C(C)C)c1. The molecule has 0 saturated heterocycles. The van der Waals surface area contributed by atoms with Crippen molar-refractivity contribution in [1.29, 1.82) is 0 Å². The number of amides is 2. The van der Waals surface area contributed by atoms with Crippen molar-refractivity contribution in [1.82, 2.24) is 14.7 Å². The van der Waals surface area contributed by atoms with Crippen molar-refractivity contribution in [2.75, 3.05) is 26.1 Å². The predicted molar refractivity (Wildman–Crippen MR) is 142 cm³/mol. The molecule has 0 radical (unpaired) electrons. The number of anilines is 1. The first kappa shape index (κ1) is 27.1. The number of carbonyl (C=O) groups is 2. The molecule has 0 aliphatic rings. The van der Waals surface area contributed by atoms with Crippen LogP contribution in [0.5, 0.6) is 11.5 Å². The standard InChI is InChI=1S/C27H33ClN4O4/c1-17(2)31(26(34)18-12-19(35-6)14-20(13-18)36-7)16-25(33)29-24-15-23(27(3,4)5)30-32(24)22-11-9-8-10-21(22)28/h8-15,17H,16H2,1-7H3,(H,29,33). The second-order valence-electron chi connectivity index (χ2n) is 9.70. The molecule has 3 rings (SSSR count). The Hall–Kier alpha value is -3.52. The van der Waals surface area contributed by atoms with Crippen molar-refractivity contribution in [2.45, 2.75) is 46.1 Å². The van der Waals surface area contributed by atoms with Crippen molar-refractivity contribution in [3.63, 3.8) is 0 Å². The van der Waals surface area contributed by atoms with Crippen molar-refractivity contribution in [3.8, 4) is 17.2 Å². The zero-order valence-corrected chi connectivity index (χ0v) is 22.5. The van der Waals surface area contributed by atoms with Crippen molar-refractivity contribution in [3.05, 3.63) is 64.8 Å². The number of benzene rings is 2. The Morgan fingerprint density at radius 3 is 2.19 bits per heavy atom. The summed E-state index contributed by atoms with van der Waals surface area (Å²) < 4.78 is 12.2. The molecule has 9 heteroatoms. The first-order chi connectivity index (χ1) is 16.9. The van der Waals surface area contributed by atoms with Crippen LogP contribution in [0.1, 0.15) is 50.7 Å². The van der Waals surface area contributed by atoms with E-state index in [0.717, 1.165) is 5.69 Å². The minimum absolute atomic E-state index is 0.158. The molecule has 1 aromatic heterocycles. The van der Waals surface area contributed by atoms with Crippen molar-refractivity contribution >= 4 is 29.2 Å². The Morgan fingerprint density at radius 2 is 1.67 bits per heavy atom. The van der Waals surface area contributed by atoms with E-state index in [2.05, 4.69) is 5.32 Å². The molecule has 0 bridgehead atoms. The zero-order chi connectivity index (χ0) is 26.6. The molecule has 0 aliphatic carbocycles. The van der Waals surface area contributed by atoms with Crippen LogP contribution < -0.4 is 14.8 Å². The molecular formula is C27H33ClN4O4. The summed E-state index contributed by atoms with van der Waals surface area (Å²) in [5.74, 6) is 0.776. The van der Waals surface area contributed by atoms with Gasteiger partial charge in [0.05, 0.1) is 30.6 Å². The first-order valence-corrected chi connectivity index (χ1v) is 12.0. The highest BCUT2D eigenvalue weighted by Gasteiger charge is 2.26.